The minimum Gasteiger partial charge on any atom is -0.449 e. The van der Waals surface area contributed by atoms with Gasteiger partial charge in [-0.15, -0.1) is 0 Å². The molecular formula is C34H36Cl2N4O6S. The van der Waals surface area contributed by atoms with Crippen molar-refractivity contribution in [1.82, 2.24) is 19.8 Å². The van der Waals surface area contributed by atoms with Gasteiger partial charge in [0.15, 0.2) is 0 Å². The highest BCUT2D eigenvalue weighted by atomic mass is 35.5. The molecule has 2 N–H and O–H groups in total. The van der Waals surface area contributed by atoms with E-state index in [2.05, 4.69) is 22.2 Å². The van der Waals surface area contributed by atoms with Crippen LogP contribution in [0.2, 0.25) is 10.0 Å². The topological polar surface area (TPSA) is 125 Å². The minimum atomic E-state index is -4.05. The largest absolute Gasteiger partial charge is 0.449 e. The number of halogens is 2. The summed E-state index contributed by atoms with van der Waals surface area (Å²) in [5.74, 6) is -0.641. The van der Waals surface area contributed by atoms with E-state index in [4.69, 9.17) is 27.9 Å². The number of nitrogens with zero attached hydrogens (tertiary/aromatic N) is 2. The highest BCUT2D eigenvalue weighted by Crippen LogP contribution is 2.45. The molecule has 1 unspecified atom stereocenters. The molecule has 248 valence electrons. The van der Waals surface area contributed by atoms with Crippen molar-refractivity contribution >= 4 is 51.1 Å². The molecule has 3 amide bonds. The quantitative estimate of drug-likeness (QED) is 0.306. The number of rotatable bonds is 10. The number of benzene rings is 3. The van der Waals surface area contributed by atoms with Gasteiger partial charge in [-0.1, -0.05) is 85.6 Å². The average Bonchev–Trinajstić information content (AvgIpc) is 3.34. The summed E-state index contributed by atoms with van der Waals surface area (Å²) in [7, 11) is -4.05. The van der Waals surface area contributed by atoms with E-state index in [9.17, 15) is 22.8 Å². The van der Waals surface area contributed by atoms with Crippen LogP contribution in [0, 0.1) is 5.92 Å². The van der Waals surface area contributed by atoms with Crippen molar-refractivity contribution < 1.29 is 27.5 Å². The Kier molecular flexibility index (Phi) is 9.03. The van der Waals surface area contributed by atoms with E-state index in [1.165, 1.54) is 18.2 Å². The van der Waals surface area contributed by atoms with Gasteiger partial charge in [-0.05, 0) is 59.7 Å². The number of fused-ring (bicyclic) bond motifs is 4. The van der Waals surface area contributed by atoms with E-state index >= 15 is 0 Å². The van der Waals surface area contributed by atoms with Gasteiger partial charge < -0.3 is 19.9 Å². The summed E-state index contributed by atoms with van der Waals surface area (Å²) in [4.78, 5) is 42.9. The highest BCUT2D eigenvalue weighted by Gasteiger charge is 2.64. The number of carbonyl (C=O) groups excluding carboxylic acids is 3. The third-order valence-corrected chi connectivity index (χ3v) is 11.5. The predicted octanol–water partition coefficient (Wildman–Crippen LogP) is 5.04. The zero-order valence-electron chi connectivity index (χ0n) is 26.2. The molecule has 3 atom stereocenters. The van der Waals surface area contributed by atoms with Crippen LogP contribution in [-0.2, 0) is 24.3 Å². The van der Waals surface area contributed by atoms with Crippen LogP contribution in [-0.4, -0.2) is 80.0 Å². The molecule has 0 radical (unpaired) electrons. The van der Waals surface area contributed by atoms with Crippen LogP contribution >= 0.6 is 23.2 Å². The summed E-state index contributed by atoms with van der Waals surface area (Å²) in [6.07, 6.45) is -0.246. The molecule has 2 fully saturated rings. The van der Waals surface area contributed by atoms with Gasteiger partial charge in [0.2, 0.25) is 21.8 Å². The molecule has 1 aliphatic carbocycles. The Labute approximate surface area is 284 Å². The number of ether oxygens (including phenoxy) is 1. The molecular weight excluding hydrogens is 663 g/mol. The van der Waals surface area contributed by atoms with E-state index in [-0.39, 0.29) is 58.4 Å². The van der Waals surface area contributed by atoms with Crippen molar-refractivity contribution in [1.29, 1.82) is 0 Å². The fourth-order valence-electron chi connectivity index (χ4n) is 6.91. The summed E-state index contributed by atoms with van der Waals surface area (Å²) in [6.45, 7) is 6.03. The number of nitrogens with one attached hydrogen (secondary N) is 2. The summed E-state index contributed by atoms with van der Waals surface area (Å²) in [5, 5.41) is 3.05. The Morgan fingerprint density at radius 3 is 2.21 bits per heavy atom. The SMILES string of the molecule is CC(C)C[C@H](NC(=O)OCC1c2ccccc2-c2ccccc21)C(=O)N1C[C@H]2N(C(=O)CNS(=O)(=O)c3ccc(Cl)cc3Cl)CC21C. The summed E-state index contributed by atoms with van der Waals surface area (Å²) < 4.78 is 33.5. The first kappa shape index (κ1) is 33.3. The van der Waals surface area contributed by atoms with E-state index in [1.54, 1.807) is 9.80 Å². The summed E-state index contributed by atoms with van der Waals surface area (Å²) in [6, 6.07) is 19.1. The van der Waals surface area contributed by atoms with E-state index in [0.29, 0.717) is 6.42 Å². The molecule has 2 heterocycles. The fraction of sp³-hybridized carbons (Fsp3) is 0.382. The molecule has 47 heavy (non-hydrogen) atoms. The van der Waals surface area contributed by atoms with Crippen LogP contribution in [0.1, 0.15) is 44.2 Å². The van der Waals surface area contributed by atoms with Crippen molar-refractivity contribution in [3.05, 3.63) is 87.9 Å². The molecule has 0 spiro atoms. The molecule has 10 nitrogen and oxygen atoms in total. The first-order valence-corrected chi connectivity index (χ1v) is 17.7. The monoisotopic (exact) mass is 698 g/mol. The van der Waals surface area contributed by atoms with Crippen LogP contribution < -0.4 is 10.0 Å². The molecule has 2 aliphatic heterocycles. The Hall–Kier alpha value is -3.64. The maximum absolute atomic E-state index is 13.8. The lowest BCUT2D eigenvalue weighted by Gasteiger charge is -2.69. The number of alkyl carbamates (subject to hydrolysis) is 1. The number of sulfonamides is 1. The average molecular weight is 700 g/mol. The molecule has 0 bridgehead atoms. The third-order valence-electron chi connectivity index (χ3n) is 9.38. The first-order valence-electron chi connectivity index (χ1n) is 15.5. The zero-order chi connectivity index (χ0) is 33.7. The van der Waals surface area contributed by atoms with Crippen molar-refractivity contribution in [2.45, 2.75) is 55.6 Å². The third kappa shape index (κ3) is 6.22. The maximum Gasteiger partial charge on any atom is 0.407 e. The molecule has 2 saturated heterocycles. The van der Waals surface area contributed by atoms with Gasteiger partial charge in [0, 0.05) is 24.0 Å². The standard InChI is InChI=1S/C34H36Cl2N4O6S/c1-20(2)14-28(38-33(43)46-18-26-24-10-6-4-8-22(24)23-9-5-7-11-25(23)26)32(42)40-17-30-34(40,3)19-39(30)31(41)16-37-47(44,45)29-13-12-21(35)15-27(29)36/h4-13,15,20,26,28,30,37H,14,16-19H2,1-3H3,(H,38,43)/t28-,30+,34?/m0/s1. The van der Waals surface area contributed by atoms with Gasteiger partial charge in [-0.25, -0.2) is 17.9 Å². The van der Waals surface area contributed by atoms with Gasteiger partial charge in [-0.2, -0.15) is 0 Å². The van der Waals surface area contributed by atoms with Crippen LogP contribution in [0.3, 0.4) is 0 Å². The maximum atomic E-state index is 13.8. The van der Waals surface area contributed by atoms with Gasteiger partial charge >= 0.3 is 6.09 Å². The van der Waals surface area contributed by atoms with Crippen LogP contribution in [0.15, 0.2) is 71.6 Å². The lowest BCUT2D eigenvalue weighted by molar-refractivity contribution is -0.205. The van der Waals surface area contributed by atoms with Crippen molar-refractivity contribution in [3.63, 3.8) is 0 Å². The highest BCUT2D eigenvalue weighted by molar-refractivity contribution is 7.89. The number of amides is 3. The van der Waals surface area contributed by atoms with Crippen molar-refractivity contribution in [2.24, 2.45) is 5.92 Å². The minimum absolute atomic E-state index is 0.0511. The Balaban J connectivity index is 1.04. The van der Waals surface area contributed by atoms with E-state index in [1.807, 2.05) is 57.2 Å². The molecule has 6 rings (SSSR count). The molecule has 0 saturated carbocycles. The van der Waals surface area contributed by atoms with E-state index < -0.39 is 40.1 Å². The molecule has 3 aromatic carbocycles. The smallest absolute Gasteiger partial charge is 0.407 e. The molecule has 0 aromatic heterocycles. The number of carbonyl (C=O) groups is 3. The van der Waals surface area contributed by atoms with E-state index in [0.717, 1.165) is 22.3 Å². The Morgan fingerprint density at radius 2 is 1.64 bits per heavy atom. The molecule has 3 aromatic rings. The second-order valence-electron chi connectivity index (χ2n) is 12.9. The van der Waals surface area contributed by atoms with Crippen LogP contribution in [0.5, 0.6) is 0 Å². The van der Waals surface area contributed by atoms with Gasteiger partial charge in [-0.3, -0.25) is 9.59 Å². The number of hydrogen-bond donors (Lipinski definition) is 2. The predicted molar refractivity (Wildman–Crippen MR) is 179 cm³/mol. The van der Waals surface area contributed by atoms with Crippen molar-refractivity contribution in [2.75, 3.05) is 26.2 Å². The lowest BCUT2D eigenvalue weighted by atomic mass is 9.71. The number of piperazine rings is 1. The van der Waals surface area contributed by atoms with Gasteiger partial charge in [0.05, 0.1) is 23.1 Å². The van der Waals surface area contributed by atoms with Gasteiger partial charge in [0.1, 0.15) is 17.5 Å². The van der Waals surface area contributed by atoms with Crippen LogP contribution in [0.25, 0.3) is 11.1 Å². The number of hydrogen-bond acceptors (Lipinski definition) is 6. The van der Waals surface area contributed by atoms with Gasteiger partial charge in [0.25, 0.3) is 0 Å². The Morgan fingerprint density at radius 1 is 1.00 bits per heavy atom. The fourth-order valence-corrected chi connectivity index (χ4v) is 8.65. The summed E-state index contributed by atoms with van der Waals surface area (Å²) in [5.41, 5.74) is 3.83. The summed E-state index contributed by atoms with van der Waals surface area (Å²) >= 11 is 11.9. The Bertz CT molecular complexity index is 1810. The normalized spacial score (nSPS) is 20.4. The molecule has 3 aliphatic rings. The lowest BCUT2D eigenvalue weighted by Crippen LogP contribution is -2.88. The second-order valence-corrected chi connectivity index (χ2v) is 15.5. The van der Waals surface area contributed by atoms with Crippen molar-refractivity contribution in [3.8, 4) is 11.1 Å². The molecule has 13 heteroatoms. The van der Waals surface area contributed by atoms with Crippen LogP contribution in [0.4, 0.5) is 4.79 Å². The second kappa shape index (κ2) is 12.8. The number of likely N-dealkylation sites (tertiary alicyclic amines) is 2. The first-order chi connectivity index (χ1) is 22.3. The zero-order valence-corrected chi connectivity index (χ0v) is 28.5.